The van der Waals surface area contributed by atoms with Gasteiger partial charge in [0.25, 0.3) is 0 Å². The third-order valence-electron chi connectivity index (χ3n) is 4.37. The van der Waals surface area contributed by atoms with Gasteiger partial charge < -0.3 is 10.7 Å². The molecule has 0 bridgehead atoms. The van der Waals surface area contributed by atoms with Gasteiger partial charge in [-0.1, -0.05) is 6.07 Å². The Balaban J connectivity index is 2.06. The van der Waals surface area contributed by atoms with Gasteiger partial charge in [0.15, 0.2) is 5.82 Å². The quantitative estimate of drug-likeness (QED) is 0.550. The van der Waals surface area contributed by atoms with Crippen LogP contribution in [-0.2, 0) is 0 Å². The molecule has 3 N–H and O–H groups in total. The Morgan fingerprint density at radius 3 is 2.62 bits per heavy atom. The number of H-pyrrole nitrogens is 1. The molecule has 0 unspecified atom stereocenters. The molecule has 2 aromatic carbocycles. The molecule has 2 aromatic heterocycles. The molecule has 2 heterocycles. The zero-order valence-electron chi connectivity index (χ0n) is 13.1. The maximum absolute atomic E-state index is 13.9. The average Bonchev–Trinajstić information content (AvgIpc) is 2.95. The fourth-order valence-electron chi connectivity index (χ4n) is 2.92. The number of aromatic amines is 1. The number of hydrogen-bond donors (Lipinski definition) is 2. The third kappa shape index (κ3) is 2.03. The first-order chi connectivity index (χ1) is 11.5. The van der Waals surface area contributed by atoms with Crippen molar-refractivity contribution < 1.29 is 8.78 Å². The summed E-state index contributed by atoms with van der Waals surface area (Å²) in [5.74, 6) is -0.632. The van der Waals surface area contributed by atoms with Crippen molar-refractivity contribution in [1.82, 2.24) is 15.0 Å². The van der Waals surface area contributed by atoms with Crippen molar-refractivity contribution >= 4 is 27.6 Å². The van der Waals surface area contributed by atoms with E-state index in [1.54, 1.807) is 6.20 Å². The molecule has 0 amide bonds. The van der Waals surface area contributed by atoms with Gasteiger partial charge in [0.05, 0.1) is 11.0 Å². The number of aromatic nitrogens is 3. The third-order valence-corrected chi connectivity index (χ3v) is 4.37. The van der Waals surface area contributed by atoms with Gasteiger partial charge in [-0.05, 0) is 37.1 Å². The molecule has 0 atom stereocenters. The Kier molecular flexibility index (Phi) is 3.03. The van der Waals surface area contributed by atoms with Crippen LogP contribution >= 0.6 is 0 Å². The van der Waals surface area contributed by atoms with Gasteiger partial charge in [0.1, 0.15) is 17.5 Å². The zero-order valence-corrected chi connectivity index (χ0v) is 13.1. The topological polar surface area (TPSA) is 67.6 Å². The highest BCUT2D eigenvalue weighted by atomic mass is 19.1. The van der Waals surface area contributed by atoms with Crippen LogP contribution < -0.4 is 5.73 Å². The molecule has 0 aliphatic carbocycles. The standard InChI is InChI=1S/C18H14F2N4/c1-8-3-4-11-15(9(8)2)23-18(24-17(11)21)13-7-22-16-12(13)5-10(19)6-14(16)20/h3-7,22H,1-2H3,(H2,21,23,24). The zero-order chi connectivity index (χ0) is 17.0. The van der Waals surface area contributed by atoms with Crippen molar-refractivity contribution in [2.75, 3.05) is 5.73 Å². The average molecular weight is 324 g/mol. The van der Waals surface area contributed by atoms with Crippen LogP contribution in [0.1, 0.15) is 11.1 Å². The van der Waals surface area contributed by atoms with Gasteiger partial charge in [-0.3, -0.25) is 0 Å². The lowest BCUT2D eigenvalue weighted by Crippen LogP contribution is -1.99. The van der Waals surface area contributed by atoms with Gasteiger partial charge in [-0.25, -0.2) is 18.7 Å². The Morgan fingerprint density at radius 1 is 1.04 bits per heavy atom. The Bertz CT molecular complexity index is 1120. The molecule has 4 rings (SSSR count). The summed E-state index contributed by atoms with van der Waals surface area (Å²) in [7, 11) is 0. The van der Waals surface area contributed by atoms with Crippen molar-refractivity contribution in [3.63, 3.8) is 0 Å². The summed E-state index contributed by atoms with van der Waals surface area (Å²) < 4.78 is 27.5. The normalized spacial score (nSPS) is 11.5. The minimum Gasteiger partial charge on any atom is -0.383 e. The molecule has 0 spiro atoms. The first-order valence-corrected chi connectivity index (χ1v) is 7.45. The Morgan fingerprint density at radius 2 is 1.83 bits per heavy atom. The maximum Gasteiger partial charge on any atom is 0.164 e. The molecule has 4 nitrogen and oxygen atoms in total. The minimum atomic E-state index is -0.656. The van der Waals surface area contributed by atoms with Gasteiger partial charge in [-0.2, -0.15) is 0 Å². The van der Waals surface area contributed by atoms with Gasteiger partial charge in [-0.15, -0.1) is 0 Å². The van der Waals surface area contributed by atoms with E-state index in [1.165, 1.54) is 6.07 Å². The highest BCUT2D eigenvalue weighted by Gasteiger charge is 2.16. The molecule has 120 valence electrons. The number of hydrogen-bond acceptors (Lipinski definition) is 3. The molecule has 0 radical (unpaired) electrons. The molecular formula is C18H14F2N4. The van der Waals surface area contributed by atoms with E-state index in [2.05, 4.69) is 15.0 Å². The lowest BCUT2D eigenvalue weighted by molar-refractivity contribution is 0.591. The summed E-state index contributed by atoms with van der Waals surface area (Å²) in [5.41, 5.74) is 9.63. The Labute approximate surface area is 136 Å². The summed E-state index contributed by atoms with van der Waals surface area (Å²) in [5, 5.41) is 1.15. The van der Waals surface area contributed by atoms with E-state index in [9.17, 15) is 8.78 Å². The SMILES string of the molecule is Cc1ccc2c(N)nc(-c3c[nH]c4c(F)cc(F)cc34)nc2c1C. The highest BCUT2D eigenvalue weighted by Crippen LogP contribution is 2.32. The molecular weight excluding hydrogens is 310 g/mol. The van der Waals surface area contributed by atoms with Crippen LogP contribution in [0.25, 0.3) is 33.2 Å². The summed E-state index contributed by atoms with van der Waals surface area (Å²) >= 11 is 0. The predicted octanol–water partition coefficient (Wildman–Crippen LogP) is 4.26. The molecule has 0 aliphatic heterocycles. The number of halogens is 2. The Hall–Kier alpha value is -3.02. The first kappa shape index (κ1) is 14.6. The van der Waals surface area contributed by atoms with Crippen LogP contribution in [0.5, 0.6) is 0 Å². The van der Waals surface area contributed by atoms with Crippen molar-refractivity contribution in [3.8, 4) is 11.4 Å². The van der Waals surface area contributed by atoms with Crippen molar-refractivity contribution in [2.45, 2.75) is 13.8 Å². The largest absolute Gasteiger partial charge is 0.383 e. The van der Waals surface area contributed by atoms with E-state index in [0.29, 0.717) is 22.6 Å². The minimum absolute atomic E-state index is 0.217. The number of aryl methyl sites for hydroxylation is 2. The molecule has 0 saturated carbocycles. The molecule has 24 heavy (non-hydrogen) atoms. The number of nitrogens with two attached hydrogens (primary N) is 1. The van der Waals surface area contributed by atoms with Gasteiger partial charge in [0, 0.05) is 28.6 Å². The van der Waals surface area contributed by atoms with Crippen molar-refractivity contribution in [1.29, 1.82) is 0 Å². The first-order valence-electron chi connectivity index (χ1n) is 7.45. The van der Waals surface area contributed by atoms with E-state index in [4.69, 9.17) is 5.73 Å². The van der Waals surface area contributed by atoms with Crippen LogP contribution in [0.3, 0.4) is 0 Å². The fourth-order valence-corrected chi connectivity index (χ4v) is 2.92. The van der Waals surface area contributed by atoms with E-state index in [0.717, 1.165) is 28.1 Å². The second kappa shape index (κ2) is 4.99. The van der Waals surface area contributed by atoms with Crippen LogP contribution in [0.2, 0.25) is 0 Å². The van der Waals surface area contributed by atoms with Crippen molar-refractivity contribution in [3.05, 3.63) is 53.2 Å². The molecule has 6 heteroatoms. The van der Waals surface area contributed by atoms with Gasteiger partial charge in [0.2, 0.25) is 0 Å². The van der Waals surface area contributed by atoms with Crippen LogP contribution in [-0.4, -0.2) is 15.0 Å². The monoisotopic (exact) mass is 324 g/mol. The van der Waals surface area contributed by atoms with Gasteiger partial charge >= 0.3 is 0 Å². The van der Waals surface area contributed by atoms with E-state index >= 15 is 0 Å². The van der Waals surface area contributed by atoms with E-state index < -0.39 is 11.6 Å². The lowest BCUT2D eigenvalue weighted by atomic mass is 10.1. The number of fused-ring (bicyclic) bond motifs is 2. The van der Waals surface area contributed by atoms with Crippen LogP contribution in [0, 0.1) is 25.5 Å². The number of rotatable bonds is 1. The summed E-state index contributed by atoms with van der Waals surface area (Å²) in [6, 6.07) is 5.95. The molecule has 0 aliphatic rings. The number of nitrogens with zero attached hydrogens (tertiary/aromatic N) is 2. The smallest absolute Gasteiger partial charge is 0.164 e. The second-order valence-electron chi connectivity index (χ2n) is 5.85. The van der Waals surface area contributed by atoms with Crippen LogP contribution in [0.15, 0.2) is 30.5 Å². The highest BCUT2D eigenvalue weighted by molar-refractivity contribution is 5.97. The van der Waals surface area contributed by atoms with E-state index in [-0.39, 0.29) is 5.52 Å². The number of nitrogen functional groups attached to an aromatic ring is 1. The lowest BCUT2D eigenvalue weighted by Gasteiger charge is -2.09. The molecule has 0 fully saturated rings. The van der Waals surface area contributed by atoms with Crippen molar-refractivity contribution in [2.24, 2.45) is 0 Å². The number of benzene rings is 2. The molecule has 4 aromatic rings. The second-order valence-corrected chi connectivity index (χ2v) is 5.85. The summed E-state index contributed by atoms with van der Waals surface area (Å²) in [6.45, 7) is 3.95. The summed E-state index contributed by atoms with van der Waals surface area (Å²) in [6.07, 6.45) is 1.57. The molecule has 0 saturated heterocycles. The fraction of sp³-hybridized carbons (Fsp3) is 0.111. The number of nitrogens with one attached hydrogen (secondary N) is 1. The maximum atomic E-state index is 13.9. The van der Waals surface area contributed by atoms with Crippen LogP contribution in [0.4, 0.5) is 14.6 Å². The number of anilines is 1. The summed E-state index contributed by atoms with van der Waals surface area (Å²) in [4.78, 5) is 11.7. The van der Waals surface area contributed by atoms with E-state index in [1.807, 2.05) is 26.0 Å². The predicted molar refractivity (Wildman–Crippen MR) is 90.6 cm³/mol.